The number of hydrogen-bond acceptors (Lipinski definition) is 3. The highest BCUT2D eigenvalue weighted by atomic mass is 16.4. The monoisotopic (exact) mass is 272 g/mol. The lowest BCUT2D eigenvalue weighted by Gasteiger charge is -2.07. The summed E-state index contributed by atoms with van der Waals surface area (Å²) in [6.45, 7) is 2.39. The van der Waals surface area contributed by atoms with E-state index in [-0.39, 0.29) is 12.0 Å². The van der Waals surface area contributed by atoms with Crippen LogP contribution in [-0.4, -0.2) is 20.9 Å². The molecule has 20 heavy (non-hydrogen) atoms. The van der Waals surface area contributed by atoms with E-state index < -0.39 is 5.97 Å². The van der Waals surface area contributed by atoms with E-state index in [1.165, 1.54) is 10.7 Å². The van der Waals surface area contributed by atoms with Crippen LogP contribution in [0.25, 0.3) is 0 Å². The van der Waals surface area contributed by atoms with Gasteiger partial charge >= 0.3 is 5.97 Å². The average Bonchev–Trinajstić information content (AvgIpc) is 2.42. The Balaban J connectivity index is 2.18. The van der Waals surface area contributed by atoms with Crippen LogP contribution in [0.5, 0.6) is 0 Å². The third-order valence-corrected chi connectivity index (χ3v) is 2.97. The van der Waals surface area contributed by atoms with Gasteiger partial charge in [0.2, 0.25) is 0 Å². The molecule has 1 aromatic carbocycles. The van der Waals surface area contributed by atoms with Crippen LogP contribution in [0, 0.1) is 6.92 Å². The number of aryl methyl sites for hydroxylation is 2. The maximum atomic E-state index is 11.8. The maximum absolute atomic E-state index is 11.8. The van der Waals surface area contributed by atoms with Gasteiger partial charge in [-0.2, -0.15) is 5.10 Å². The van der Waals surface area contributed by atoms with E-state index in [9.17, 15) is 9.59 Å². The Bertz CT molecular complexity index is 660. The van der Waals surface area contributed by atoms with Crippen LogP contribution < -0.4 is 5.56 Å². The van der Waals surface area contributed by atoms with Crippen molar-refractivity contribution < 1.29 is 9.90 Å². The highest BCUT2D eigenvalue weighted by molar-refractivity contribution is 5.66. The topological polar surface area (TPSA) is 72.2 Å². The molecule has 0 unspecified atom stereocenters. The molecule has 2 aromatic rings. The SMILES string of the molecule is Cc1ccc(Cn2nc(CCC(=O)O)ccc2=O)cc1. The van der Waals surface area contributed by atoms with Gasteiger partial charge in [-0.15, -0.1) is 0 Å². The highest BCUT2D eigenvalue weighted by Gasteiger charge is 2.04. The quantitative estimate of drug-likeness (QED) is 0.897. The fraction of sp³-hybridized carbons (Fsp3) is 0.267. The van der Waals surface area contributed by atoms with Gasteiger partial charge < -0.3 is 5.11 Å². The van der Waals surface area contributed by atoms with Crippen molar-refractivity contribution >= 4 is 5.97 Å². The van der Waals surface area contributed by atoms with Crippen molar-refractivity contribution in [3.63, 3.8) is 0 Å². The lowest BCUT2D eigenvalue weighted by molar-refractivity contribution is -0.136. The molecule has 104 valence electrons. The zero-order valence-corrected chi connectivity index (χ0v) is 11.2. The lowest BCUT2D eigenvalue weighted by Crippen LogP contribution is -2.23. The predicted octanol–water partition coefficient (Wildman–Crippen LogP) is 1.62. The summed E-state index contributed by atoms with van der Waals surface area (Å²) in [5, 5.41) is 12.9. The second-order valence-corrected chi connectivity index (χ2v) is 4.70. The second-order valence-electron chi connectivity index (χ2n) is 4.70. The van der Waals surface area contributed by atoms with Gasteiger partial charge in [-0.1, -0.05) is 29.8 Å². The highest BCUT2D eigenvalue weighted by Crippen LogP contribution is 2.04. The summed E-state index contributed by atoms with van der Waals surface area (Å²) < 4.78 is 1.36. The van der Waals surface area contributed by atoms with Crippen LogP contribution in [-0.2, 0) is 17.8 Å². The number of aromatic nitrogens is 2. The van der Waals surface area contributed by atoms with Crippen LogP contribution >= 0.6 is 0 Å². The molecule has 1 aromatic heterocycles. The van der Waals surface area contributed by atoms with Gasteiger partial charge in [-0.3, -0.25) is 9.59 Å². The Hall–Kier alpha value is -2.43. The molecule has 0 fully saturated rings. The molecule has 0 saturated carbocycles. The molecular weight excluding hydrogens is 256 g/mol. The summed E-state index contributed by atoms with van der Waals surface area (Å²) >= 11 is 0. The molecule has 5 heteroatoms. The number of carbonyl (C=O) groups is 1. The first-order valence-corrected chi connectivity index (χ1v) is 6.39. The van der Waals surface area contributed by atoms with Gasteiger partial charge in [0, 0.05) is 12.5 Å². The number of carboxylic acids is 1. The minimum atomic E-state index is -0.872. The normalized spacial score (nSPS) is 10.4. The molecule has 0 amide bonds. The maximum Gasteiger partial charge on any atom is 0.303 e. The van der Waals surface area contributed by atoms with Gasteiger partial charge in [0.15, 0.2) is 0 Å². The standard InChI is InChI=1S/C15H16N2O3/c1-11-2-4-12(5-3-11)10-17-14(18)8-6-13(16-17)7-9-15(19)20/h2-6,8H,7,9-10H2,1H3,(H,19,20). The molecule has 0 spiro atoms. The number of carboxylic acid groups (broad SMARTS) is 1. The molecule has 2 rings (SSSR count). The summed E-state index contributed by atoms with van der Waals surface area (Å²) in [6, 6.07) is 10.9. The number of hydrogen-bond donors (Lipinski definition) is 1. The predicted molar refractivity (Wildman–Crippen MR) is 74.7 cm³/mol. The zero-order valence-electron chi connectivity index (χ0n) is 11.2. The van der Waals surface area contributed by atoms with Gasteiger partial charge in [0.05, 0.1) is 18.7 Å². The minimum Gasteiger partial charge on any atom is -0.481 e. The average molecular weight is 272 g/mol. The third kappa shape index (κ3) is 3.78. The first-order chi connectivity index (χ1) is 9.54. The van der Waals surface area contributed by atoms with E-state index in [0.717, 1.165) is 11.1 Å². The number of aliphatic carboxylic acids is 1. The largest absolute Gasteiger partial charge is 0.481 e. The van der Waals surface area contributed by atoms with Crippen molar-refractivity contribution in [2.75, 3.05) is 0 Å². The molecule has 0 atom stereocenters. The van der Waals surface area contributed by atoms with Gasteiger partial charge in [-0.05, 0) is 18.6 Å². The van der Waals surface area contributed by atoms with Crippen molar-refractivity contribution in [2.45, 2.75) is 26.3 Å². The van der Waals surface area contributed by atoms with Crippen molar-refractivity contribution in [3.05, 3.63) is 63.6 Å². The minimum absolute atomic E-state index is 0.00966. The van der Waals surface area contributed by atoms with Crippen molar-refractivity contribution in [2.24, 2.45) is 0 Å². The van der Waals surface area contributed by atoms with Gasteiger partial charge in [0.1, 0.15) is 0 Å². The molecule has 0 radical (unpaired) electrons. The molecule has 0 saturated heterocycles. The van der Waals surface area contributed by atoms with Crippen molar-refractivity contribution in [3.8, 4) is 0 Å². The zero-order chi connectivity index (χ0) is 14.5. The number of benzene rings is 1. The fourth-order valence-corrected chi connectivity index (χ4v) is 1.84. The fourth-order valence-electron chi connectivity index (χ4n) is 1.84. The van der Waals surface area contributed by atoms with Crippen molar-refractivity contribution in [1.29, 1.82) is 0 Å². The third-order valence-electron chi connectivity index (χ3n) is 2.97. The Kier molecular flexibility index (Phi) is 4.30. The second kappa shape index (κ2) is 6.14. The number of rotatable bonds is 5. The molecule has 0 aliphatic heterocycles. The molecular formula is C15H16N2O3. The smallest absolute Gasteiger partial charge is 0.303 e. The number of nitrogens with zero attached hydrogens (tertiary/aromatic N) is 2. The first-order valence-electron chi connectivity index (χ1n) is 6.39. The summed E-state index contributed by atoms with van der Waals surface area (Å²) in [5.41, 5.74) is 2.56. The summed E-state index contributed by atoms with van der Waals surface area (Å²) in [6.07, 6.45) is 0.333. The molecule has 1 heterocycles. The summed E-state index contributed by atoms with van der Waals surface area (Å²) in [5.74, 6) is -0.872. The molecule has 0 bridgehead atoms. The van der Waals surface area contributed by atoms with E-state index in [2.05, 4.69) is 5.10 Å². The Labute approximate surface area is 116 Å². The van der Waals surface area contributed by atoms with Gasteiger partial charge in [-0.25, -0.2) is 4.68 Å². The molecule has 5 nitrogen and oxygen atoms in total. The first kappa shape index (κ1) is 14.0. The van der Waals surface area contributed by atoms with E-state index in [0.29, 0.717) is 18.7 Å². The summed E-state index contributed by atoms with van der Waals surface area (Å²) in [7, 11) is 0. The van der Waals surface area contributed by atoms with E-state index in [1.54, 1.807) is 6.07 Å². The Morgan fingerprint density at radius 3 is 2.55 bits per heavy atom. The van der Waals surface area contributed by atoms with Gasteiger partial charge in [0.25, 0.3) is 5.56 Å². The van der Waals surface area contributed by atoms with Crippen LogP contribution in [0.1, 0.15) is 23.2 Å². The van der Waals surface area contributed by atoms with Crippen LogP contribution in [0.2, 0.25) is 0 Å². The lowest BCUT2D eigenvalue weighted by atomic mass is 10.1. The summed E-state index contributed by atoms with van der Waals surface area (Å²) in [4.78, 5) is 22.3. The van der Waals surface area contributed by atoms with Crippen LogP contribution in [0.4, 0.5) is 0 Å². The molecule has 1 N–H and O–H groups in total. The van der Waals surface area contributed by atoms with Crippen LogP contribution in [0.3, 0.4) is 0 Å². The Morgan fingerprint density at radius 2 is 1.90 bits per heavy atom. The Morgan fingerprint density at radius 1 is 1.20 bits per heavy atom. The van der Waals surface area contributed by atoms with E-state index >= 15 is 0 Å². The van der Waals surface area contributed by atoms with E-state index in [4.69, 9.17) is 5.11 Å². The molecule has 0 aliphatic carbocycles. The van der Waals surface area contributed by atoms with Crippen LogP contribution in [0.15, 0.2) is 41.2 Å². The molecule has 0 aliphatic rings. The van der Waals surface area contributed by atoms with Crippen molar-refractivity contribution in [1.82, 2.24) is 9.78 Å². The van der Waals surface area contributed by atoms with E-state index in [1.807, 2.05) is 31.2 Å².